The number of hydrogen-bond acceptors (Lipinski definition) is 3. The van der Waals surface area contributed by atoms with E-state index >= 15 is 0 Å². The fourth-order valence-electron chi connectivity index (χ4n) is 2.26. The minimum Gasteiger partial charge on any atom is -0.350 e. The zero-order valence-corrected chi connectivity index (χ0v) is 13.8. The Labute approximate surface area is 143 Å². The van der Waals surface area contributed by atoms with Gasteiger partial charge in [0.1, 0.15) is 4.88 Å². The number of aromatic nitrogens is 1. The Bertz CT molecular complexity index is 853. The van der Waals surface area contributed by atoms with Crippen LogP contribution in [0.3, 0.4) is 0 Å². The SMILES string of the molecule is Cc1ccc(N(NC(=O)c2sccc2-n2cccc2)C(N)=O)cc1. The third-order valence-corrected chi connectivity index (χ3v) is 4.36. The van der Waals surface area contributed by atoms with E-state index in [0.29, 0.717) is 10.6 Å². The molecule has 0 aliphatic heterocycles. The van der Waals surface area contributed by atoms with Crippen molar-refractivity contribution in [2.24, 2.45) is 5.73 Å². The van der Waals surface area contributed by atoms with Gasteiger partial charge >= 0.3 is 6.03 Å². The lowest BCUT2D eigenvalue weighted by Crippen LogP contribution is -2.49. The molecule has 0 spiro atoms. The van der Waals surface area contributed by atoms with E-state index in [-0.39, 0.29) is 0 Å². The third kappa shape index (κ3) is 3.16. The second-order valence-electron chi connectivity index (χ2n) is 5.18. The molecule has 24 heavy (non-hydrogen) atoms. The maximum absolute atomic E-state index is 12.6. The van der Waals surface area contributed by atoms with Gasteiger partial charge < -0.3 is 10.3 Å². The minimum absolute atomic E-state index is 0.395. The number of rotatable bonds is 3. The number of benzene rings is 1. The largest absolute Gasteiger partial charge is 0.350 e. The average molecular weight is 340 g/mol. The first-order chi connectivity index (χ1) is 11.6. The van der Waals surface area contributed by atoms with Crippen molar-refractivity contribution in [3.8, 4) is 5.69 Å². The van der Waals surface area contributed by atoms with Crippen LogP contribution in [0.15, 0.2) is 60.2 Å². The first-order valence-corrected chi connectivity index (χ1v) is 8.12. The van der Waals surface area contributed by atoms with E-state index in [4.69, 9.17) is 5.73 Å². The van der Waals surface area contributed by atoms with Crippen molar-refractivity contribution in [1.82, 2.24) is 9.99 Å². The maximum atomic E-state index is 12.6. The van der Waals surface area contributed by atoms with Gasteiger partial charge in [-0.2, -0.15) is 0 Å². The summed E-state index contributed by atoms with van der Waals surface area (Å²) in [5.74, 6) is -0.395. The van der Waals surface area contributed by atoms with Crippen LogP contribution in [0.25, 0.3) is 5.69 Å². The van der Waals surface area contributed by atoms with Crippen LogP contribution in [-0.4, -0.2) is 16.5 Å². The fraction of sp³-hybridized carbons (Fsp3) is 0.0588. The van der Waals surface area contributed by atoms with Crippen molar-refractivity contribution in [1.29, 1.82) is 0 Å². The zero-order chi connectivity index (χ0) is 17.1. The summed E-state index contributed by atoms with van der Waals surface area (Å²) in [6.07, 6.45) is 3.70. The predicted molar refractivity (Wildman–Crippen MR) is 94.4 cm³/mol. The first kappa shape index (κ1) is 15.8. The van der Waals surface area contributed by atoms with E-state index in [2.05, 4.69) is 5.43 Å². The van der Waals surface area contributed by atoms with E-state index in [1.165, 1.54) is 11.3 Å². The monoisotopic (exact) mass is 340 g/mol. The second kappa shape index (κ2) is 6.59. The quantitative estimate of drug-likeness (QED) is 0.719. The number of urea groups is 1. The lowest BCUT2D eigenvalue weighted by atomic mass is 10.2. The van der Waals surface area contributed by atoms with Gasteiger partial charge in [0.05, 0.1) is 11.4 Å². The van der Waals surface area contributed by atoms with Crippen LogP contribution in [-0.2, 0) is 0 Å². The summed E-state index contributed by atoms with van der Waals surface area (Å²) in [5, 5.41) is 2.87. The maximum Gasteiger partial charge on any atom is 0.338 e. The molecule has 0 unspecified atom stereocenters. The number of thiophene rings is 1. The lowest BCUT2D eigenvalue weighted by Gasteiger charge is -2.21. The Morgan fingerprint density at radius 2 is 1.79 bits per heavy atom. The van der Waals surface area contributed by atoms with Crippen LogP contribution in [0.5, 0.6) is 0 Å². The lowest BCUT2D eigenvalue weighted by molar-refractivity contribution is 0.0955. The molecule has 0 saturated heterocycles. The van der Waals surface area contributed by atoms with Gasteiger partial charge in [0.15, 0.2) is 0 Å². The van der Waals surface area contributed by atoms with Gasteiger partial charge in [-0.3, -0.25) is 10.2 Å². The Morgan fingerprint density at radius 1 is 1.12 bits per heavy atom. The van der Waals surface area contributed by atoms with E-state index < -0.39 is 11.9 Å². The van der Waals surface area contributed by atoms with Crippen molar-refractivity contribution in [3.05, 3.63) is 70.7 Å². The fourth-order valence-corrected chi connectivity index (χ4v) is 3.04. The number of anilines is 1. The van der Waals surface area contributed by atoms with E-state index in [1.54, 1.807) is 12.1 Å². The van der Waals surface area contributed by atoms with Crippen LogP contribution in [0, 0.1) is 6.92 Å². The Balaban J connectivity index is 1.86. The van der Waals surface area contributed by atoms with Gasteiger partial charge in [0, 0.05) is 12.4 Å². The van der Waals surface area contributed by atoms with Crippen LogP contribution >= 0.6 is 11.3 Å². The molecule has 3 amide bonds. The highest BCUT2D eigenvalue weighted by molar-refractivity contribution is 7.12. The number of carbonyl (C=O) groups is 2. The number of hydrogen-bond donors (Lipinski definition) is 2. The summed E-state index contributed by atoms with van der Waals surface area (Å²) in [4.78, 5) is 24.8. The molecular weight excluding hydrogens is 324 g/mol. The highest BCUT2D eigenvalue weighted by Gasteiger charge is 2.20. The van der Waals surface area contributed by atoms with Gasteiger partial charge in [-0.05, 0) is 42.6 Å². The number of hydrazine groups is 1. The summed E-state index contributed by atoms with van der Waals surface area (Å²) in [7, 11) is 0. The number of nitrogens with one attached hydrogen (secondary N) is 1. The molecule has 0 fully saturated rings. The molecule has 0 saturated carbocycles. The molecule has 6 nitrogen and oxygen atoms in total. The number of aryl methyl sites for hydroxylation is 1. The van der Waals surface area contributed by atoms with Crippen molar-refractivity contribution in [2.45, 2.75) is 6.92 Å². The summed E-state index contributed by atoms with van der Waals surface area (Å²) in [5.41, 5.74) is 10.3. The normalized spacial score (nSPS) is 10.4. The molecule has 2 heterocycles. The average Bonchev–Trinajstić information content (AvgIpc) is 3.23. The van der Waals surface area contributed by atoms with Gasteiger partial charge in [-0.25, -0.2) is 9.80 Å². The number of nitrogens with two attached hydrogens (primary N) is 1. The first-order valence-electron chi connectivity index (χ1n) is 7.24. The van der Waals surface area contributed by atoms with Crippen molar-refractivity contribution < 1.29 is 9.59 Å². The smallest absolute Gasteiger partial charge is 0.338 e. The number of amides is 3. The Morgan fingerprint density at radius 3 is 2.42 bits per heavy atom. The van der Waals surface area contributed by atoms with Gasteiger partial charge in [0.2, 0.25) is 0 Å². The van der Waals surface area contributed by atoms with E-state index in [0.717, 1.165) is 16.3 Å². The molecule has 1 aromatic carbocycles. The van der Waals surface area contributed by atoms with Crippen LogP contribution in [0.2, 0.25) is 0 Å². The number of nitrogens with zero attached hydrogens (tertiary/aromatic N) is 2. The van der Waals surface area contributed by atoms with Gasteiger partial charge in [-0.15, -0.1) is 11.3 Å². The van der Waals surface area contributed by atoms with Crippen molar-refractivity contribution in [3.63, 3.8) is 0 Å². The molecular formula is C17H16N4O2S. The standard InChI is InChI=1S/C17H16N4O2S/c1-12-4-6-13(7-5-12)21(17(18)23)19-16(22)15-14(8-11-24-15)20-9-2-3-10-20/h2-11H,1H3,(H2,18,23)(H,19,22). The molecule has 3 aromatic rings. The number of carbonyl (C=O) groups excluding carboxylic acids is 2. The molecule has 0 bridgehead atoms. The second-order valence-corrected chi connectivity index (χ2v) is 6.09. The summed E-state index contributed by atoms with van der Waals surface area (Å²) < 4.78 is 1.84. The molecule has 2 aromatic heterocycles. The van der Waals surface area contributed by atoms with Crippen LogP contribution in [0.4, 0.5) is 10.5 Å². The minimum atomic E-state index is -0.758. The number of primary amides is 1. The Hall–Kier alpha value is -3.06. The van der Waals surface area contributed by atoms with Gasteiger partial charge in [0.25, 0.3) is 5.91 Å². The molecule has 0 aliphatic rings. The Kier molecular flexibility index (Phi) is 4.35. The molecule has 122 valence electrons. The zero-order valence-electron chi connectivity index (χ0n) is 13.0. The van der Waals surface area contributed by atoms with E-state index in [1.807, 2.05) is 59.6 Å². The van der Waals surface area contributed by atoms with Crippen LogP contribution in [0.1, 0.15) is 15.2 Å². The molecule has 0 atom stereocenters. The predicted octanol–water partition coefficient (Wildman–Crippen LogP) is 3.08. The van der Waals surface area contributed by atoms with E-state index in [9.17, 15) is 9.59 Å². The highest BCUT2D eigenvalue weighted by Crippen LogP contribution is 2.22. The molecule has 7 heteroatoms. The topological polar surface area (TPSA) is 80.4 Å². The highest BCUT2D eigenvalue weighted by atomic mass is 32.1. The van der Waals surface area contributed by atoms with Crippen molar-refractivity contribution >= 4 is 29.0 Å². The summed E-state index contributed by atoms with van der Waals surface area (Å²) in [6, 6.07) is 12.0. The van der Waals surface area contributed by atoms with Crippen LogP contribution < -0.4 is 16.2 Å². The van der Waals surface area contributed by atoms with Gasteiger partial charge in [-0.1, -0.05) is 17.7 Å². The van der Waals surface area contributed by atoms with Crippen molar-refractivity contribution in [2.75, 3.05) is 5.01 Å². The molecule has 3 rings (SSSR count). The summed E-state index contributed by atoms with van der Waals surface area (Å²) in [6.45, 7) is 1.94. The third-order valence-electron chi connectivity index (χ3n) is 3.46. The molecule has 0 radical (unpaired) electrons. The summed E-state index contributed by atoms with van der Waals surface area (Å²) >= 11 is 1.30. The molecule has 3 N–H and O–H groups in total. The molecule has 0 aliphatic carbocycles.